The summed E-state index contributed by atoms with van der Waals surface area (Å²) in [4.78, 5) is 25.6. The Labute approximate surface area is 224 Å². The molecule has 0 aromatic heterocycles. The molecule has 0 aliphatic carbocycles. The van der Waals surface area contributed by atoms with Crippen LogP contribution < -0.4 is 21.1 Å². The lowest BCUT2D eigenvalue weighted by Crippen LogP contribution is -2.30. The Kier molecular flexibility index (Phi) is 8.76. The van der Waals surface area contributed by atoms with E-state index >= 15 is 0 Å². The van der Waals surface area contributed by atoms with Crippen molar-refractivity contribution in [1.29, 1.82) is 0 Å². The van der Waals surface area contributed by atoms with Gasteiger partial charge in [0.25, 0.3) is 0 Å². The number of anilines is 3. The van der Waals surface area contributed by atoms with Crippen LogP contribution in [0.2, 0.25) is 0 Å². The highest BCUT2D eigenvalue weighted by atomic mass is 19.1. The molecule has 0 saturated carbocycles. The fourth-order valence-corrected chi connectivity index (χ4v) is 3.63. The van der Waals surface area contributed by atoms with Crippen molar-refractivity contribution in [2.45, 2.75) is 12.2 Å². The van der Waals surface area contributed by atoms with E-state index < -0.39 is 35.8 Å². The summed E-state index contributed by atoms with van der Waals surface area (Å²) in [5.74, 6) is -1.58. The van der Waals surface area contributed by atoms with Crippen LogP contribution in [0.15, 0.2) is 115 Å². The van der Waals surface area contributed by atoms with Crippen molar-refractivity contribution < 1.29 is 28.6 Å². The van der Waals surface area contributed by atoms with Crippen LogP contribution in [0.1, 0.15) is 11.7 Å². The molecule has 4 rings (SSSR count). The number of phenols is 1. The zero-order valence-electron chi connectivity index (χ0n) is 20.7. The van der Waals surface area contributed by atoms with Gasteiger partial charge in [-0.3, -0.25) is 10.1 Å². The Morgan fingerprint density at radius 1 is 0.872 bits per heavy atom. The van der Waals surface area contributed by atoms with E-state index in [1.807, 2.05) is 0 Å². The number of phenolic OH excluding ortho intramolecular Hbond substituents is 1. The highest BCUT2D eigenvalue weighted by Gasteiger charge is 2.29. The van der Waals surface area contributed by atoms with Crippen LogP contribution in [-0.4, -0.2) is 23.2 Å². The molecule has 4 aromatic carbocycles. The number of amides is 2. The first-order valence-electron chi connectivity index (χ1n) is 12.0. The molecule has 8 nitrogen and oxygen atoms in total. The lowest BCUT2D eigenvalue weighted by Gasteiger charge is -2.26. The number of ether oxygens (including phenoxy) is 2. The number of nitrogens with two attached hydrogens (primary N) is 1. The Morgan fingerprint density at radius 2 is 1.54 bits per heavy atom. The number of rotatable bonds is 9. The number of carbonyl (C=O) groups excluding carboxylic acids is 2. The maximum absolute atomic E-state index is 14.4. The summed E-state index contributed by atoms with van der Waals surface area (Å²) in [5.41, 5.74) is 7.38. The third-order valence-electron chi connectivity index (χ3n) is 5.52. The number of aromatic hydroxyl groups is 1. The Bertz CT molecular complexity index is 1450. The average molecular weight is 528 g/mol. The second-order valence-electron chi connectivity index (χ2n) is 8.36. The van der Waals surface area contributed by atoms with Crippen LogP contribution in [0.5, 0.6) is 11.5 Å². The summed E-state index contributed by atoms with van der Waals surface area (Å²) in [5, 5.41) is 15.0. The predicted octanol–water partition coefficient (Wildman–Crippen LogP) is 6.05. The van der Waals surface area contributed by atoms with Gasteiger partial charge in [0.2, 0.25) is 5.91 Å². The van der Waals surface area contributed by atoms with E-state index in [1.54, 1.807) is 84.9 Å². The normalized spacial score (nSPS) is 12.3. The Morgan fingerprint density at radius 3 is 2.23 bits per heavy atom. The van der Waals surface area contributed by atoms with E-state index in [4.69, 9.17) is 15.2 Å². The van der Waals surface area contributed by atoms with Gasteiger partial charge in [0.15, 0.2) is 23.8 Å². The van der Waals surface area contributed by atoms with E-state index in [0.29, 0.717) is 22.8 Å². The minimum Gasteiger partial charge on any atom is -0.505 e. The number of halogens is 1. The lowest BCUT2D eigenvalue weighted by molar-refractivity contribution is -0.112. The van der Waals surface area contributed by atoms with Crippen LogP contribution in [0.25, 0.3) is 0 Å². The minimum absolute atomic E-state index is 0.187. The van der Waals surface area contributed by atoms with Crippen molar-refractivity contribution in [2.75, 3.05) is 16.4 Å². The van der Waals surface area contributed by atoms with E-state index in [2.05, 4.69) is 10.6 Å². The van der Waals surface area contributed by atoms with Crippen molar-refractivity contribution in [1.82, 2.24) is 0 Å². The van der Waals surface area contributed by atoms with E-state index in [1.165, 1.54) is 18.2 Å². The molecule has 4 aromatic rings. The molecule has 0 fully saturated rings. The third kappa shape index (κ3) is 7.59. The van der Waals surface area contributed by atoms with Gasteiger partial charge in [0.05, 0.1) is 11.4 Å². The van der Waals surface area contributed by atoms with Crippen molar-refractivity contribution in [2.24, 2.45) is 0 Å². The molecule has 9 heteroatoms. The molecule has 0 unspecified atom stereocenters. The van der Waals surface area contributed by atoms with E-state index in [9.17, 15) is 19.1 Å². The third-order valence-corrected chi connectivity index (χ3v) is 5.52. The number of benzene rings is 4. The summed E-state index contributed by atoms with van der Waals surface area (Å²) >= 11 is 0. The monoisotopic (exact) mass is 527 g/mol. The van der Waals surface area contributed by atoms with E-state index in [0.717, 1.165) is 12.1 Å². The molecule has 2 atom stereocenters. The maximum atomic E-state index is 14.4. The number of hydrogen-bond donors (Lipinski definition) is 4. The lowest BCUT2D eigenvalue weighted by atomic mass is 10.0. The van der Waals surface area contributed by atoms with Gasteiger partial charge < -0.3 is 25.6 Å². The maximum Gasteiger partial charge on any atom is 0.412 e. The molecule has 0 aliphatic heterocycles. The second-order valence-corrected chi connectivity index (χ2v) is 8.36. The molecule has 0 spiro atoms. The minimum atomic E-state index is -1.23. The van der Waals surface area contributed by atoms with Crippen molar-refractivity contribution in [3.8, 4) is 11.5 Å². The largest absolute Gasteiger partial charge is 0.505 e. The fourth-order valence-electron chi connectivity index (χ4n) is 3.63. The first kappa shape index (κ1) is 26.7. The Balaban J connectivity index is 1.65. The number of carbonyl (C=O) groups is 2. The SMILES string of the molecule is Nc1ccccc1NC(=O)/C=C/[C@H](Oc1ccccc1)[C@@H](OC(=O)Nc1ccccc1)c1ccc(O)c(F)c1. The molecule has 0 radical (unpaired) electrons. The summed E-state index contributed by atoms with van der Waals surface area (Å²) in [6.45, 7) is 0. The number of nitrogens with one attached hydrogen (secondary N) is 2. The number of nitrogen functional groups attached to an aromatic ring is 1. The zero-order valence-corrected chi connectivity index (χ0v) is 20.7. The molecular weight excluding hydrogens is 501 g/mol. The van der Waals surface area contributed by atoms with Gasteiger partial charge in [-0.05, 0) is 60.2 Å². The fraction of sp³-hybridized carbons (Fsp3) is 0.0667. The van der Waals surface area contributed by atoms with Crippen molar-refractivity contribution in [3.05, 3.63) is 127 Å². The van der Waals surface area contributed by atoms with Crippen LogP contribution in [0, 0.1) is 5.82 Å². The second kappa shape index (κ2) is 12.8. The predicted molar refractivity (Wildman–Crippen MR) is 147 cm³/mol. The van der Waals surface area contributed by atoms with Crippen LogP contribution >= 0.6 is 0 Å². The summed E-state index contributed by atoms with van der Waals surface area (Å²) < 4.78 is 26.2. The van der Waals surface area contributed by atoms with Crippen molar-refractivity contribution in [3.63, 3.8) is 0 Å². The van der Waals surface area contributed by atoms with Crippen LogP contribution in [0.3, 0.4) is 0 Å². The van der Waals surface area contributed by atoms with Crippen molar-refractivity contribution >= 4 is 29.1 Å². The molecule has 0 heterocycles. The number of hydrogen-bond acceptors (Lipinski definition) is 6. The first-order chi connectivity index (χ1) is 18.9. The van der Waals surface area contributed by atoms with Gasteiger partial charge >= 0.3 is 6.09 Å². The molecular formula is C30H26FN3O5. The highest BCUT2D eigenvalue weighted by molar-refractivity contribution is 6.01. The molecule has 5 N–H and O–H groups in total. The summed E-state index contributed by atoms with van der Waals surface area (Å²) in [6, 6.07) is 27.6. The van der Waals surface area contributed by atoms with Crippen LogP contribution in [-0.2, 0) is 9.53 Å². The van der Waals surface area contributed by atoms with Gasteiger partial charge in [-0.1, -0.05) is 54.6 Å². The van der Waals surface area contributed by atoms with Gasteiger partial charge in [-0.2, -0.15) is 0 Å². The standard InChI is InChI=1S/C30H26FN3O5/c31-23-19-20(15-16-26(23)35)29(39-30(37)33-21-9-3-1-4-10-21)27(38-22-11-5-2-6-12-22)17-18-28(36)34-25-14-8-7-13-24(25)32/h1-19,27,29,35H,32H2,(H,33,37)(H,34,36)/b18-17+/t27-,29-/m0/s1. The molecule has 0 bridgehead atoms. The quantitative estimate of drug-likeness (QED) is 0.155. The average Bonchev–Trinajstić information content (AvgIpc) is 2.94. The molecule has 2 amide bonds. The zero-order chi connectivity index (χ0) is 27.6. The highest BCUT2D eigenvalue weighted by Crippen LogP contribution is 2.30. The van der Waals surface area contributed by atoms with Crippen LogP contribution in [0.4, 0.5) is 26.2 Å². The summed E-state index contributed by atoms with van der Waals surface area (Å²) in [6.07, 6.45) is -0.544. The van der Waals surface area contributed by atoms with Gasteiger partial charge in [-0.25, -0.2) is 9.18 Å². The molecule has 0 aliphatic rings. The van der Waals surface area contributed by atoms with Gasteiger partial charge in [0.1, 0.15) is 5.75 Å². The molecule has 198 valence electrons. The Hall–Kier alpha value is -5.31. The topological polar surface area (TPSA) is 123 Å². The molecule has 0 saturated heterocycles. The number of para-hydroxylation sites is 4. The smallest absolute Gasteiger partial charge is 0.412 e. The molecule has 39 heavy (non-hydrogen) atoms. The van der Waals surface area contributed by atoms with Gasteiger partial charge in [-0.15, -0.1) is 0 Å². The van der Waals surface area contributed by atoms with E-state index in [-0.39, 0.29) is 5.56 Å². The first-order valence-corrected chi connectivity index (χ1v) is 12.0. The van der Waals surface area contributed by atoms with Gasteiger partial charge in [0, 0.05) is 11.8 Å². The summed E-state index contributed by atoms with van der Waals surface area (Å²) in [7, 11) is 0.